The summed E-state index contributed by atoms with van der Waals surface area (Å²) in [7, 11) is 0. The highest BCUT2D eigenvalue weighted by Gasteiger charge is 2.24. The first-order chi connectivity index (χ1) is 7.49. The zero-order valence-electron chi connectivity index (χ0n) is 10.2. The molecular formula is C13H19ClN2. The van der Waals surface area contributed by atoms with Crippen LogP contribution in [0.15, 0.2) is 12.1 Å². The second kappa shape index (κ2) is 4.25. The lowest BCUT2D eigenvalue weighted by atomic mass is 10.0. The summed E-state index contributed by atoms with van der Waals surface area (Å²) < 4.78 is 0. The quantitative estimate of drug-likeness (QED) is 0.817. The van der Waals surface area contributed by atoms with E-state index in [0.717, 1.165) is 12.2 Å². The second-order valence-electron chi connectivity index (χ2n) is 5.12. The Morgan fingerprint density at radius 3 is 2.81 bits per heavy atom. The minimum absolute atomic E-state index is 0.0579. The van der Waals surface area contributed by atoms with Crippen LogP contribution >= 0.6 is 11.6 Å². The number of hydrogen-bond acceptors (Lipinski definition) is 2. The van der Waals surface area contributed by atoms with E-state index in [1.54, 1.807) is 0 Å². The van der Waals surface area contributed by atoms with Crippen LogP contribution in [0.2, 0.25) is 0 Å². The second-order valence-corrected chi connectivity index (χ2v) is 5.77. The van der Waals surface area contributed by atoms with Crippen LogP contribution < -0.4 is 5.32 Å². The fourth-order valence-electron chi connectivity index (χ4n) is 1.92. The van der Waals surface area contributed by atoms with Gasteiger partial charge in [-0.05, 0) is 51.7 Å². The number of hydrogen-bond donors (Lipinski definition) is 1. The number of aryl methyl sites for hydroxylation is 2. The molecule has 1 aliphatic rings. The summed E-state index contributed by atoms with van der Waals surface area (Å²) in [5.74, 6) is 0.943. The maximum absolute atomic E-state index is 6.15. The van der Waals surface area contributed by atoms with Gasteiger partial charge in [0.25, 0.3) is 0 Å². The molecule has 0 amide bonds. The van der Waals surface area contributed by atoms with Crippen LogP contribution in [0, 0.1) is 0 Å². The van der Waals surface area contributed by atoms with Crippen molar-refractivity contribution in [1.82, 2.24) is 4.98 Å². The number of nitrogens with one attached hydrogen (secondary N) is 1. The van der Waals surface area contributed by atoms with E-state index in [1.165, 1.54) is 24.1 Å². The Labute approximate surface area is 102 Å². The molecule has 1 N–H and O–H groups in total. The lowest BCUT2D eigenvalue weighted by Crippen LogP contribution is -2.39. The van der Waals surface area contributed by atoms with Gasteiger partial charge in [0.1, 0.15) is 5.82 Å². The normalized spacial score (nSPS) is 17.0. The van der Waals surface area contributed by atoms with Gasteiger partial charge in [-0.3, -0.25) is 0 Å². The van der Waals surface area contributed by atoms with Crippen molar-refractivity contribution in [3.63, 3.8) is 0 Å². The Bertz CT molecular complexity index is 386. The van der Waals surface area contributed by atoms with E-state index in [2.05, 4.69) is 36.3 Å². The molecule has 0 bridgehead atoms. The van der Waals surface area contributed by atoms with Crippen LogP contribution in [-0.4, -0.2) is 15.9 Å². The SMILES string of the molecule is CC(Cl)C(C)(C)Nc1ccc2c(n1)CCC2. The molecule has 2 rings (SSSR count). The van der Waals surface area contributed by atoms with Gasteiger partial charge >= 0.3 is 0 Å². The molecule has 1 aromatic rings. The van der Waals surface area contributed by atoms with Crippen LogP contribution in [0.5, 0.6) is 0 Å². The predicted molar refractivity (Wildman–Crippen MR) is 69.3 cm³/mol. The first kappa shape index (κ1) is 11.7. The monoisotopic (exact) mass is 238 g/mol. The summed E-state index contributed by atoms with van der Waals surface area (Å²) >= 11 is 6.15. The summed E-state index contributed by atoms with van der Waals surface area (Å²) in [6.45, 7) is 6.20. The van der Waals surface area contributed by atoms with Gasteiger partial charge in [-0.15, -0.1) is 11.6 Å². The number of pyridine rings is 1. The minimum Gasteiger partial charge on any atom is -0.364 e. The van der Waals surface area contributed by atoms with E-state index >= 15 is 0 Å². The Morgan fingerprint density at radius 2 is 2.12 bits per heavy atom. The third-order valence-electron chi connectivity index (χ3n) is 3.37. The summed E-state index contributed by atoms with van der Waals surface area (Å²) in [6, 6.07) is 4.25. The number of rotatable bonds is 3. The maximum Gasteiger partial charge on any atom is 0.126 e. The molecule has 2 nitrogen and oxygen atoms in total. The summed E-state index contributed by atoms with van der Waals surface area (Å²) in [4.78, 5) is 4.65. The van der Waals surface area contributed by atoms with Crippen LogP contribution in [0.1, 0.15) is 38.4 Å². The molecule has 0 aliphatic heterocycles. The highest BCUT2D eigenvalue weighted by atomic mass is 35.5. The first-order valence-electron chi connectivity index (χ1n) is 5.90. The first-order valence-corrected chi connectivity index (χ1v) is 6.34. The van der Waals surface area contributed by atoms with E-state index in [1.807, 2.05) is 6.92 Å². The van der Waals surface area contributed by atoms with Gasteiger partial charge < -0.3 is 5.32 Å². The summed E-state index contributed by atoms with van der Waals surface area (Å²) in [5.41, 5.74) is 2.52. The van der Waals surface area contributed by atoms with Crippen LogP contribution in [0.4, 0.5) is 5.82 Å². The number of halogens is 1. The van der Waals surface area contributed by atoms with Gasteiger partial charge in [-0.25, -0.2) is 4.98 Å². The molecule has 1 atom stereocenters. The number of anilines is 1. The fourth-order valence-corrected chi connectivity index (χ4v) is 1.97. The van der Waals surface area contributed by atoms with E-state index < -0.39 is 0 Å². The lowest BCUT2D eigenvalue weighted by molar-refractivity contribution is 0.552. The molecule has 3 heteroatoms. The lowest BCUT2D eigenvalue weighted by Gasteiger charge is -2.29. The van der Waals surface area contributed by atoms with Crippen molar-refractivity contribution in [3.8, 4) is 0 Å². The van der Waals surface area contributed by atoms with Crippen LogP contribution in [-0.2, 0) is 12.8 Å². The molecule has 0 spiro atoms. The Kier molecular flexibility index (Phi) is 3.11. The largest absolute Gasteiger partial charge is 0.364 e. The smallest absolute Gasteiger partial charge is 0.126 e. The molecule has 0 fully saturated rings. The average Bonchev–Trinajstić information content (AvgIpc) is 2.63. The third-order valence-corrected chi connectivity index (χ3v) is 3.92. The maximum atomic E-state index is 6.15. The highest BCUT2D eigenvalue weighted by Crippen LogP contribution is 2.25. The van der Waals surface area contributed by atoms with E-state index in [9.17, 15) is 0 Å². The fraction of sp³-hybridized carbons (Fsp3) is 0.615. The van der Waals surface area contributed by atoms with Crippen molar-refractivity contribution in [2.75, 3.05) is 5.32 Å². The summed E-state index contributed by atoms with van der Waals surface area (Å²) in [5, 5.41) is 3.46. The van der Waals surface area contributed by atoms with Gasteiger partial charge in [0.05, 0.1) is 5.38 Å². The minimum atomic E-state index is -0.138. The molecule has 0 radical (unpaired) electrons. The van der Waals surface area contributed by atoms with Gasteiger partial charge in [0.15, 0.2) is 0 Å². The van der Waals surface area contributed by atoms with Gasteiger partial charge in [-0.1, -0.05) is 6.07 Å². The number of alkyl halides is 1. The van der Waals surface area contributed by atoms with Crippen LogP contribution in [0.25, 0.3) is 0 Å². The van der Waals surface area contributed by atoms with Crippen molar-refractivity contribution in [1.29, 1.82) is 0 Å². The van der Waals surface area contributed by atoms with Crippen LogP contribution in [0.3, 0.4) is 0 Å². The zero-order chi connectivity index (χ0) is 11.8. The standard InChI is InChI=1S/C13H19ClN2/c1-9(14)13(2,3)16-12-8-7-10-5-4-6-11(10)15-12/h7-9H,4-6H2,1-3H3,(H,15,16). The highest BCUT2D eigenvalue weighted by molar-refractivity contribution is 6.21. The molecule has 1 aromatic heterocycles. The van der Waals surface area contributed by atoms with E-state index in [4.69, 9.17) is 11.6 Å². The average molecular weight is 239 g/mol. The Balaban J connectivity index is 2.17. The van der Waals surface area contributed by atoms with Gasteiger partial charge in [0.2, 0.25) is 0 Å². The zero-order valence-corrected chi connectivity index (χ0v) is 10.9. The molecule has 16 heavy (non-hydrogen) atoms. The van der Waals surface area contributed by atoms with E-state index in [0.29, 0.717) is 0 Å². The molecule has 0 saturated carbocycles. The molecule has 0 aromatic carbocycles. The summed E-state index contributed by atoms with van der Waals surface area (Å²) in [6.07, 6.45) is 3.53. The topological polar surface area (TPSA) is 24.9 Å². The molecule has 88 valence electrons. The number of nitrogens with zero attached hydrogens (tertiary/aromatic N) is 1. The van der Waals surface area contributed by atoms with E-state index in [-0.39, 0.29) is 10.9 Å². The van der Waals surface area contributed by atoms with Crippen molar-refractivity contribution in [3.05, 3.63) is 23.4 Å². The predicted octanol–water partition coefficient (Wildman–Crippen LogP) is 3.39. The molecule has 1 heterocycles. The Hall–Kier alpha value is -0.760. The van der Waals surface area contributed by atoms with Crippen molar-refractivity contribution < 1.29 is 0 Å². The molecule has 1 unspecified atom stereocenters. The van der Waals surface area contributed by atoms with Gasteiger partial charge in [0, 0.05) is 11.2 Å². The molecule has 1 aliphatic carbocycles. The third kappa shape index (κ3) is 2.32. The number of aromatic nitrogens is 1. The van der Waals surface area contributed by atoms with Crippen molar-refractivity contribution >= 4 is 17.4 Å². The van der Waals surface area contributed by atoms with Crippen molar-refractivity contribution in [2.24, 2.45) is 0 Å². The number of fused-ring (bicyclic) bond motifs is 1. The molecule has 0 saturated heterocycles. The Morgan fingerprint density at radius 1 is 1.38 bits per heavy atom. The molecular weight excluding hydrogens is 220 g/mol. The van der Waals surface area contributed by atoms with Crippen molar-refractivity contribution in [2.45, 2.75) is 50.9 Å². The van der Waals surface area contributed by atoms with Gasteiger partial charge in [-0.2, -0.15) is 0 Å².